The predicted octanol–water partition coefficient (Wildman–Crippen LogP) is 3.42. The van der Waals surface area contributed by atoms with Crippen LogP contribution in [0.2, 0.25) is 0 Å². The zero-order valence-corrected chi connectivity index (χ0v) is 11.6. The van der Waals surface area contributed by atoms with Gasteiger partial charge in [0.1, 0.15) is 5.01 Å². The molecule has 1 aliphatic rings. The minimum Gasteiger partial charge on any atom is -0.393 e. The number of hydrogen-bond acceptors (Lipinski definition) is 3. The van der Waals surface area contributed by atoms with Crippen molar-refractivity contribution >= 4 is 27.3 Å². The quantitative estimate of drug-likeness (QED) is 0.875. The van der Waals surface area contributed by atoms with Gasteiger partial charge in [0.05, 0.1) is 11.8 Å². The second-order valence-corrected chi connectivity index (χ2v) is 6.29. The molecule has 1 aromatic carbocycles. The van der Waals surface area contributed by atoms with Gasteiger partial charge in [0.25, 0.3) is 0 Å². The number of benzene rings is 1. The lowest BCUT2D eigenvalue weighted by Crippen LogP contribution is -2.17. The second-order valence-electron chi connectivity index (χ2n) is 4.29. The van der Waals surface area contributed by atoms with E-state index in [4.69, 9.17) is 0 Å². The number of aromatic nitrogens is 1. The molecule has 0 spiro atoms. The van der Waals surface area contributed by atoms with E-state index >= 15 is 0 Å². The lowest BCUT2D eigenvalue weighted by molar-refractivity contribution is 0.159. The van der Waals surface area contributed by atoms with Crippen LogP contribution < -0.4 is 0 Å². The van der Waals surface area contributed by atoms with E-state index in [9.17, 15) is 5.11 Å². The van der Waals surface area contributed by atoms with Gasteiger partial charge in [0.15, 0.2) is 0 Å². The molecule has 1 aromatic heterocycles. The first-order valence-electron chi connectivity index (χ1n) is 5.65. The van der Waals surface area contributed by atoms with Gasteiger partial charge < -0.3 is 5.11 Å². The van der Waals surface area contributed by atoms with Crippen LogP contribution in [0.25, 0.3) is 10.6 Å². The highest BCUT2D eigenvalue weighted by atomic mass is 79.9. The van der Waals surface area contributed by atoms with Crippen LogP contribution in [0.4, 0.5) is 0 Å². The van der Waals surface area contributed by atoms with Gasteiger partial charge in [0.2, 0.25) is 0 Å². The molecular weight excluding hydrogens is 298 g/mol. The van der Waals surface area contributed by atoms with Gasteiger partial charge in [0, 0.05) is 21.3 Å². The number of nitrogens with zero attached hydrogens (tertiary/aromatic N) is 1. The maximum Gasteiger partial charge on any atom is 0.123 e. The molecule has 1 atom stereocenters. The Labute approximate surface area is 112 Å². The Kier molecular flexibility index (Phi) is 3.03. The third-order valence-electron chi connectivity index (χ3n) is 3.00. The van der Waals surface area contributed by atoms with Crippen LogP contribution in [-0.2, 0) is 12.8 Å². The van der Waals surface area contributed by atoms with Gasteiger partial charge in [-0.2, -0.15) is 0 Å². The third kappa shape index (κ3) is 2.30. The van der Waals surface area contributed by atoms with E-state index in [-0.39, 0.29) is 6.10 Å². The number of aryl methyl sites for hydroxylation is 1. The van der Waals surface area contributed by atoms with Gasteiger partial charge in [-0.25, -0.2) is 4.98 Å². The monoisotopic (exact) mass is 309 g/mol. The van der Waals surface area contributed by atoms with E-state index in [0.29, 0.717) is 0 Å². The summed E-state index contributed by atoms with van der Waals surface area (Å²) in [5, 5.41) is 10.7. The van der Waals surface area contributed by atoms with Crippen LogP contribution in [0, 0.1) is 0 Å². The third-order valence-corrected chi connectivity index (χ3v) is 4.70. The van der Waals surface area contributed by atoms with E-state index in [1.165, 1.54) is 10.6 Å². The molecule has 2 aromatic rings. The topological polar surface area (TPSA) is 33.1 Å². The highest BCUT2D eigenvalue weighted by molar-refractivity contribution is 9.10. The number of aliphatic hydroxyl groups excluding tert-OH is 1. The maximum atomic E-state index is 9.64. The normalized spacial score (nSPS) is 19.1. The summed E-state index contributed by atoms with van der Waals surface area (Å²) < 4.78 is 1.08. The molecule has 1 unspecified atom stereocenters. The van der Waals surface area contributed by atoms with Crippen molar-refractivity contribution in [3.8, 4) is 10.6 Å². The van der Waals surface area contributed by atoms with Crippen LogP contribution in [0.1, 0.15) is 17.0 Å². The lowest BCUT2D eigenvalue weighted by Gasteiger charge is -2.14. The van der Waals surface area contributed by atoms with Crippen molar-refractivity contribution in [2.45, 2.75) is 25.4 Å². The molecule has 1 N–H and O–H groups in total. The van der Waals surface area contributed by atoms with E-state index in [1.807, 2.05) is 12.1 Å². The SMILES string of the molecule is OC1CCc2nc(-c3ccc(Br)cc3)sc2C1. The lowest BCUT2D eigenvalue weighted by atomic mass is 10.0. The molecule has 0 fully saturated rings. The predicted molar refractivity (Wildman–Crippen MR) is 73.3 cm³/mol. The summed E-state index contributed by atoms with van der Waals surface area (Å²) in [5.41, 5.74) is 2.33. The summed E-state index contributed by atoms with van der Waals surface area (Å²) in [6, 6.07) is 8.21. The molecule has 0 amide bonds. The van der Waals surface area contributed by atoms with Crippen molar-refractivity contribution in [2.24, 2.45) is 0 Å². The highest BCUT2D eigenvalue weighted by Crippen LogP contribution is 2.33. The Bertz CT molecular complexity index is 535. The first kappa shape index (κ1) is 11.4. The Hall–Kier alpha value is -0.710. The molecule has 1 heterocycles. The van der Waals surface area contributed by atoms with Crippen LogP contribution >= 0.6 is 27.3 Å². The molecule has 0 bridgehead atoms. The second kappa shape index (κ2) is 4.52. The number of aliphatic hydroxyl groups is 1. The average molecular weight is 310 g/mol. The fraction of sp³-hybridized carbons (Fsp3) is 0.308. The smallest absolute Gasteiger partial charge is 0.123 e. The summed E-state index contributed by atoms with van der Waals surface area (Å²) in [7, 11) is 0. The van der Waals surface area contributed by atoms with Crippen LogP contribution in [-0.4, -0.2) is 16.2 Å². The van der Waals surface area contributed by atoms with Crippen molar-refractivity contribution < 1.29 is 5.11 Å². The molecule has 4 heteroatoms. The van der Waals surface area contributed by atoms with Gasteiger partial charge in [-0.3, -0.25) is 0 Å². The average Bonchev–Trinajstić information content (AvgIpc) is 2.72. The number of fused-ring (bicyclic) bond motifs is 1. The van der Waals surface area contributed by atoms with Crippen molar-refractivity contribution in [3.05, 3.63) is 39.3 Å². The molecule has 88 valence electrons. The molecular formula is C13H12BrNOS. The summed E-state index contributed by atoms with van der Waals surface area (Å²) in [5.74, 6) is 0. The fourth-order valence-corrected chi connectivity index (χ4v) is 3.52. The number of rotatable bonds is 1. The molecule has 17 heavy (non-hydrogen) atoms. The number of hydrogen-bond donors (Lipinski definition) is 1. The fourth-order valence-electron chi connectivity index (χ4n) is 2.07. The van der Waals surface area contributed by atoms with Gasteiger partial charge in [-0.15, -0.1) is 11.3 Å². The van der Waals surface area contributed by atoms with Gasteiger partial charge in [-0.05, 0) is 25.0 Å². The molecule has 3 rings (SSSR count). The van der Waals surface area contributed by atoms with Crippen LogP contribution in [0.15, 0.2) is 28.7 Å². The molecule has 0 radical (unpaired) electrons. The van der Waals surface area contributed by atoms with E-state index < -0.39 is 0 Å². The molecule has 0 saturated heterocycles. The number of halogens is 1. The minimum absolute atomic E-state index is 0.180. The zero-order chi connectivity index (χ0) is 11.8. The first-order valence-corrected chi connectivity index (χ1v) is 7.26. The van der Waals surface area contributed by atoms with Crippen LogP contribution in [0.5, 0.6) is 0 Å². The molecule has 2 nitrogen and oxygen atoms in total. The Morgan fingerprint density at radius 3 is 2.82 bits per heavy atom. The van der Waals surface area contributed by atoms with Crippen molar-refractivity contribution in [3.63, 3.8) is 0 Å². The Balaban J connectivity index is 1.97. The van der Waals surface area contributed by atoms with Crippen molar-refractivity contribution in [1.82, 2.24) is 4.98 Å². The minimum atomic E-state index is -0.180. The van der Waals surface area contributed by atoms with Crippen LogP contribution in [0.3, 0.4) is 0 Å². The van der Waals surface area contributed by atoms with E-state index in [2.05, 4.69) is 33.0 Å². The Morgan fingerprint density at radius 1 is 1.29 bits per heavy atom. The number of thiazole rings is 1. The first-order chi connectivity index (χ1) is 8.22. The van der Waals surface area contributed by atoms with Crippen molar-refractivity contribution in [1.29, 1.82) is 0 Å². The molecule has 0 saturated carbocycles. The van der Waals surface area contributed by atoms with E-state index in [0.717, 1.165) is 34.3 Å². The zero-order valence-electron chi connectivity index (χ0n) is 9.19. The molecule has 1 aliphatic carbocycles. The summed E-state index contributed by atoms with van der Waals surface area (Å²) in [6.45, 7) is 0. The maximum absolute atomic E-state index is 9.64. The largest absolute Gasteiger partial charge is 0.393 e. The van der Waals surface area contributed by atoms with Crippen molar-refractivity contribution in [2.75, 3.05) is 0 Å². The standard InChI is InChI=1S/C13H12BrNOS/c14-9-3-1-8(2-4-9)13-15-11-6-5-10(16)7-12(11)17-13/h1-4,10,16H,5-7H2. The van der Waals surface area contributed by atoms with Gasteiger partial charge >= 0.3 is 0 Å². The summed E-state index contributed by atoms with van der Waals surface area (Å²) in [6.07, 6.45) is 2.34. The Morgan fingerprint density at radius 2 is 2.06 bits per heavy atom. The highest BCUT2D eigenvalue weighted by Gasteiger charge is 2.21. The summed E-state index contributed by atoms with van der Waals surface area (Å²) in [4.78, 5) is 5.93. The van der Waals surface area contributed by atoms with E-state index in [1.54, 1.807) is 11.3 Å². The van der Waals surface area contributed by atoms with Gasteiger partial charge in [-0.1, -0.05) is 28.1 Å². The summed E-state index contributed by atoms with van der Waals surface area (Å²) >= 11 is 5.14. The molecule has 0 aliphatic heterocycles.